The van der Waals surface area contributed by atoms with Gasteiger partial charge in [0.25, 0.3) is 20.2 Å². The van der Waals surface area contributed by atoms with Gasteiger partial charge in [0.15, 0.2) is 6.29 Å². The van der Waals surface area contributed by atoms with E-state index < -0.39 is 44.8 Å². The van der Waals surface area contributed by atoms with Crippen LogP contribution in [-0.4, -0.2) is 46.5 Å². The van der Waals surface area contributed by atoms with Crippen molar-refractivity contribution in [3.05, 3.63) is 59.7 Å². The second-order valence-corrected chi connectivity index (χ2v) is 10.4. The van der Waals surface area contributed by atoms with E-state index >= 15 is 0 Å². The molecule has 1 fully saturated rings. The van der Waals surface area contributed by atoms with Gasteiger partial charge in [-0.25, -0.2) is 0 Å². The molecule has 2 aromatic carbocycles. The van der Waals surface area contributed by atoms with Crippen LogP contribution in [0.4, 0.5) is 0 Å². The van der Waals surface area contributed by atoms with Crippen molar-refractivity contribution in [1.82, 2.24) is 0 Å². The summed E-state index contributed by atoms with van der Waals surface area (Å²) in [6.07, 6.45) is -5.08. The van der Waals surface area contributed by atoms with E-state index in [1.807, 2.05) is 13.8 Å². The lowest BCUT2D eigenvalue weighted by atomic mass is 10.0. The van der Waals surface area contributed by atoms with E-state index in [4.69, 9.17) is 13.1 Å². The topological polar surface area (TPSA) is 116 Å². The van der Waals surface area contributed by atoms with Gasteiger partial charge in [0.1, 0.15) is 12.2 Å². The predicted octanol–water partition coefficient (Wildman–Crippen LogP) is 2.28. The summed E-state index contributed by atoms with van der Waals surface area (Å²) >= 11 is 0. The molecular weight excluding hydrogens is 432 g/mol. The fourth-order valence-corrected chi connectivity index (χ4v) is 5.33. The Morgan fingerprint density at radius 2 is 1.27 bits per heavy atom. The maximum absolute atomic E-state index is 12.7. The normalized spacial score (nSPS) is 25.2. The van der Waals surface area contributed by atoms with E-state index in [9.17, 15) is 21.9 Å². The summed E-state index contributed by atoms with van der Waals surface area (Å²) in [6, 6.07) is 12.1. The first-order chi connectivity index (χ1) is 14.0. The second kappa shape index (κ2) is 8.74. The lowest BCUT2D eigenvalue weighted by Gasteiger charge is -2.37. The fourth-order valence-electron chi connectivity index (χ4n) is 3.08. The third kappa shape index (κ3) is 5.26. The molecule has 3 rings (SSSR count). The molecule has 0 amide bonds. The molecule has 1 saturated heterocycles. The minimum absolute atomic E-state index is 0.0773. The van der Waals surface area contributed by atoms with Crippen molar-refractivity contribution < 1.29 is 35.0 Å². The van der Waals surface area contributed by atoms with Crippen molar-refractivity contribution in [2.75, 3.05) is 0 Å². The van der Waals surface area contributed by atoms with E-state index in [0.717, 1.165) is 11.1 Å². The van der Waals surface area contributed by atoms with Gasteiger partial charge in [-0.1, -0.05) is 35.4 Å². The molecule has 0 spiro atoms. The molecular formula is C20H24O8S2. The van der Waals surface area contributed by atoms with Crippen LogP contribution in [-0.2, 0) is 33.3 Å². The molecule has 164 valence electrons. The average molecular weight is 457 g/mol. The molecule has 30 heavy (non-hydrogen) atoms. The summed E-state index contributed by atoms with van der Waals surface area (Å²) in [7, 11) is -8.45. The molecule has 8 nitrogen and oxygen atoms in total. The zero-order chi connectivity index (χ0) is 22.1. The Hall–Kier alpha value is -1.82. The standard InChI is InChI=1S/C20H24O8S2/c1-13-4-8-16(9-5-13)29(22,23)27-18-12-19(21)26-15(3)20(18)28-30(24,25)17-10-6-14(2)7-11-17/h4-11,15,18-21H,12H2,1-3H3/t15-,18-,19+,20+/m1/s1. The summed E-state index contributed by atoms with van der Waals surface area (Å²) in [4.78, 5) is -0.159. The Morgan fingerprint density at radius 3 is 1.73 bits per heavy atom. The molecule has 0 radical (unpaired) electrons. The maximum atomic E-state index is 12.7. The summed E-state index contributed by atoms with van der Waals surface area (Å²) < 4.78 is 66.7. The van der Waals surface area contributed by atoms with Crippen LogP contribution in [0.3, 0.4) is 0 Å². The Balaban J connectivity index is 1.87. The number of aliphatic hydroxyl groups excluding tert-OH is 1. The SMILES string of the molecule is Cc1ccc(S(=O)(=O)O[C@H]2[C@@H](C)O[C@H](O)C[C@H]2OS(=O)(=O)c2ccc(C)cc2)cc1. The Kier molecular flexibility index (Phi) is 6.66. The number of benzene rings is 2. The summed E-state index contributed by atoms with van der Waals surface area (Å²) in [6.45, 7) is 5.11. The Bertz CT molecular complexity index is 1080. The van der Waals surface area contributed by atoms with Gasteiger partial charge >= 0.3 is 0 Å². The highest BCUT2D eigenvalue weighted by Crippen LogP contribution is 2.30. The number of aliphatic hydroxyl groups is 1. The number of hydrogen-bond acceptors (Lipinski definition) is 8. The smallest absolute Gasteiger partial charge is 0.297 e. The highest BCUT2D eigenvalue weighted by molar-refractivity contribution is 7.87. The third-order valence-electron chi connectivity index (χ3n) is 4.74. The Labute approximate surface area is 176 Å². The van der Waals surface area contributed by atoms with Crippen molar-refractivity contribution in [1.29, 1.82) is 0 Å². The van der Waals surface area contributed by atoms with E-state index in [1.54, 1.807) is 24.3 Å². The largest absolute Gasteiger partial charge is 0.368 e. The van der Waals surface area contributed by atoms with Crippen LogP contribution >= 0.6 is 0 Å². The highest BCUT2D eigenvalue weighted by atomic mass is 32.2. The summed E-state index contributed by atoms with van der Waals surface area (Å²) in [5.74, 6) is 0. The molecule has 1 aliphatic heterocycles. The lowest BCUT2D eigenvalue weighted by molar-refractivity contribution is -0.214. The zero-order valence-electron chi connectivity index (χ0n) is 16.8. The highest BCUT2D eigenvalue weighted by Gasteiger charge is 2.43. The molecule has 0 unspecified atom stereocenters. The van der Waals surface area contributed by atoms with Crippen LogP contribution < -0.4 is 0 Å². The van der Waals surface area contributed by atoms with Crippen LogP contribution in [0.5, 0.6) is 0 Å². The van der Waals surface area contributed by atoms with Gasteiger partial charge in [0, 0.05) is 6.42 Å². The van der Waals surface area contributed by atoms with Crippen LogP contribution in [0, 0.1) is 13.8 Å². The van der Waals surface area contributed by atoms with Crippen molar-refractivity contribution in [3.8, 4) is 0 Å². The first-order valence-electron chi connectivity index (χ1n) is 9.31. The summed E-state index contributed by atoms with van der Waals surface area (Å²) in [5, 5.41) is 9.92. The molecule has 10 heteroatoms. The van der Waals surface area contributed by atoms with Gasteiger partial charge in [0.05, 0.1) is 15.9 Å². The van der Waals surface area contributed by atoms with E-state index in [2.05, 4.69) is 0 Å². The lowest BCUT2D eigenvalue weighted by Crippen LogP contribution is -2.50. The third-order valence-corrected chi connectivity index (χ3v) is 7.42. The van der Waals surface area contributed by atoms with Crippen molar-refractivity contribution in [3.63, 3.8) is 0 Å². The van der Waals surface area contributed by atoms with E-state index in [-0.39, 0.29) is 16.2 Å². The van der Waals surface area contributed by atoms with Gasteiger partial charge < -0.3 is 9.84 Å². The first kappa shape index (κ1) is 22.9. The molecule has 0 aliphatic carbocycles. The Morgan fingerprint density at radius 1 is 0.833 bits per heavy atom. The average Bonchev–Trinajstić information content (AvgIpc) is 2.65. The first-order valence-corrected chi connectivity index (χ1v) is 12.1. The van der Waals surface area contributed by atoms with Crippen molar-refractivity contribution in [2.24, 2.45) is 0 Å². The van der Waals surface area contributed by atoms with Gasteiger partial charge in [-0.3, -0.25) is 8.37 Å². The molecule has 2 aromatic rings. The van der Waals surface area contributed by atoms with Gasteiger partial charge in [-0.15, -0.1) is 0 Å². The van der Waals surface area contributed by atoms with Gasteiger partial charge in [0.2, 0.25) is 0 Å². The van der Waals surface area contributed by atoms with Crippen molar-refractivity contribution in [2.45, 2.75) is 61.6 Å². The minimum Gasteiger partial charge on any atom is -0.368 e. The number of ether oxygens (including phenoxy) is 1. The van der Waals surface area contributed by atoms with Crippen LogP contribution in [0.2, 0.25) is 0 Å². The number of rotatable bonds is 6. The minimum atomic E-state index is -4.22. The maximum Gasteiger partial charge on any atom is 0.297 e. The second-order valence-electron chi connectivity index (χ2n) is 7.26. The molecule has 4 atom stereocenters. The molecule has 1 aliphatic rings. The van der Waals surface area contributed by atoms with E-state index in [0.29, 0.717) is 0 Å². The van der Waals surface area contributed by atoms with Crippen LogP contribution in [0.25, 0.3) is 0 Å². The fraction of sp³-hybridized carbons (Fsp3) is 0.400. The van der Waals surface area contributed by atoms with Gasteiger partial charge in [-0.2, -0.15) is 16.8 Å². The monoisotopic (exact) mass is 456 g/mol. The van der Waals surface area contributed by atoms with Crippen LogP contribution in [0.1, 0.15) is 24.5 Å². The van der Waals surface area contributed by atoms with Gasteiger partial charge in [-0.05, 0) is 45.0 Å². The molecule has 1 heterocycles. The number of hydrogen-bond donors (Lipinski definition) is 1. The van der Waals surface area contributed by atoms with Crippen LogP contribution in [0.15, 0.2) is 58.3 Å². The van der Waals surface area contributed by atoms with Crippen molar-refractivity contribution >= 4 is 20.2 Å². The molecule has 0 saturated carbocycles. The molecule has 0 aromatic heterocycles. The predicted molar refractivity (Wildman–Crippen MR) is 108 cm³/mol. The number of aryl methyl sites for hydroxylation is 2. The molecule has 1 N–H and O–H groups in total. The van der Waals surface area contributed by atoms with E-state index in [1.165, 1.54) is 31.2 Å². The zero-order valence-corrected chi connectivity index (χ0v) is 18.4. The summed E-state index contributed by atoms with van der Waals surface area (Å²) in [5.41, 5.74) is 1.74. The molecule has 0 bridgehead atoms. The quantitative estimate of drug-likeness (QED) is 0.658.